The standard InChI is InChI=1S/C10H20N2O2/c1-5-7(10(2,3)4)9(14)12-6-8(11)13/h7H,5-6H2,1-4H3,(H2,11,13)(H,12,14)/t7-/m1/s1. The second-order valence-electron chi connectivity index (χ2n) is 4.51. The predicted molar refractivity (Wildman–Crippen MR) is 55.4 cm³/mol. The average molecular weight is 200 g/mol. The molecule has 0 aromatic rings. The molecule has 0 aliphatic rings. The Bertz CT molecular complexity index is 219. The highest BCUT2D eigenvalue weighted by molar-refractivity contribution is 5.85. The number of rotatable bonds is 4. The summed E-state index contributed by atoms with van der Waals surface area (Å²) in [7, 11) is 0. The van der Waals surface area contributed by atoms with Gasteiger partial charge in [-0.2, -0.15) is 0 Å². The first kappa shape index (κ1) is 12.9. The summed E-state index contributed by atoms with van der Waals surface area (Å²) in [6.07, 6.45) is 0.758. The van der Waals surface area contributed by atoms with Crippen molar-refractivity contribution in [1.82, 2.24) is 5.32 Å². The van der Waals surface area contributed by atoms with Gasteiger partial charge < -0.3 is 11.1 Å². The molecule has 0 saturated carbocycles. The molecule has 1 atom stereocenters. The van der Waals surface area contributed by atoms with E-state index in [-0.39, 0.29) is 23.8 Å². The van der Waals surface area contributed by atoms with E-state index < -0.39 is 5.91 Å². The molecule has 0 saturated heterocycles. The molecule has 0 heterocycles. The SMILES string of the molecule is CC[C@H](C(=O)NCC(N)=O)C(C)(C)C. The summed E-state index contributed by atoms with van der Waals surface area (Å²) in [4.78, 5) is 22.1. The first-order chi connectivity index (χ1) is 6.29. The molecule has 0 bridgehead atoms. The van der Waals surface area contributed by atoms with E-state index in [9.17, 15) is 9.59 Å². The number of carbonyl (C=O) groups excluding carboxylic acids is 2. The molecule has 4 nitrogen and oxygen atoms in total. The Morgan fingerprint density at radius 1 is 1.36 bits per heavy atom. The van der Waals surface area contributed by atoms with Gasteiger partial charge in [0.05, 0.1) is 6.54 Å². The van der Waals surface area contributed by atoms with Crippen molar-refractivity contribution in [1.29, 1.82) is 0 Å². The van der Waals surface area contributed by atoms with Gasteiger partial charge in [-0.25, -0.2) is 0 Å². The van der Waals surface area contributed by atoms with Crippen molar-refractivity contribution in [3.05, 3.63) is 0 Å². The summed E-state index contributed by atoms with van der Waals surface area (Å²) >= 11 is 0. The molecular formula is C10H20N2O2. The molecule has 2 amide bonds. The quantitative estimate of drug-likeness (QED) is 0.699. The van der Waals surface area contributed by atoms with Gasteiger partial charge in [0.1, 0.15) is 0 Å². The van der Waals surface area contributed by atoms with Crippen LogP contribution in [0.4, 0.5) is 0 Å². The topological polar surface area (TPSA) is 72.2 Å². The van der Waals surface area contributed by atoms with Crippen molar-refractivity contribution in [2.24, 2.45) is 17.1 Å². The monoisotopic (exact) mass is 200 g/mol. The van der Waals surface area contributed by atoms with Gasteiger partial charge in [0.25, 0.3) is 0 Å². The molecule has 0 fully saturated rings. The minimum Gasteiger partial charge on any atom is -0.368 e. The molecule has 0 aromatic heterocycles. The highest BCUT2D eigenvalue weighted by atomic mass is 16.2. The number of carbonyl (C=O) groups is 2. The number of amides is 2. The molecule has 0 radical (unpaired) electrons. The van der Waals surface area contributed by atoms with Crippen LogP contribution in [0, 0.1) is 11.3 Å². The second-order valence-corrected chi connectivity index (χ2v) is 4.51. The molecular weight excluding hydrogens is 180 g/mol. The van der Waals surface area contributed by atoms with Gasteiger partial charge in [-0.1, -0.05) is 27.7 Å². The zero-order chi connectivity index (χ0) is 11.4. The van der Waals surface area contributed by atoms with Crippen LogP contribution in [0.25, 0.3) is 0 Å². The van der Waals surface area contributed by atoms with Crippen LogP contribution < -0.4 is 11.1 Å². The Morgan fingerprint density at radius 2 is 1.86 bits per heavy atom. The minimum atomic E-state index is -0.512. The van der Waals surface area contributed by atoms with E-state index in [0.29, 0.717) is 0 Å². The maximum atomic E-state index is 11.6. The maximum Gasteiger partial charge on any atom is 0.236 e. The van der Waals surface area contributed by atoms with Gasteiger partial charge in [0, 0.05) is 5.92 Å². The van der Waals surface area contributed by atoms with Gasteiger partial charge in [-0.05, 0) is 11.8 Å². The third-order valence-corrected chi connectivity index (χ3v) is 2.21. The van der Waals surface area contributed by atoms with Gasteiger partial charge in [0.15, 0.2) is 0 Å². The van der Waals surface area contributed by atoms with Crippen LogP contribution >= 0.6 is 0 Å². The smallest absolute Gasteiger partial charge is 0.236 e. The Labute approximate surface area is 85.2 Å². The fraction of sp³-hybridized carbons (Fsp3) is 0.800. The van der Waals surface area contributed by atoms with E-state index in [0.717, 1.165) is 6.42 Å². The summed E-state index contributed by atoms with van der Waals surface area (Å²) in [5.41, 5.74) is 4.85. The van der Waals surface area contributed by atoms with Gasteiger partial charge in [-0.15, -0.1) is 0 Å². The molecule has 0 aromatic carbocycles. The van der Waals surface area contributed by atoms with E-state index in [4.69, 9.17) is 5.73 Å². The highest BCUT2D eigenvalue weighted by Gasteiger charge is 2.29. The minimum absolute atomic E-state index is 0.0780. The fourth-order valence-corrected chi connectivity index (χ4v) is 1.49. The number of hydrogen-bond donors (Lipinski definition) is 2. The van der Waals surface area contributed by atoms with Crippen molar-refractivity contribution in [2.75, 3.05) is 6.54 Å². The molecule has 4 heteroatoms. The lowest BCUT2D eigenvalue weighted by Crippen LogP contribution is -2.41. The van der Waals surface area contributed by atoms with Crippen molar-refractivity contribution in [2.45, 2.75) is 34.1 Å². The predicted octanol–water partition coefficient (Wildman–Crippen LogP) is 0.660. The fourth-order valence-electron chi connectivity index (χ4n) is 1.49. The summed E-state index contributed by atoms with van der Waals surface area (Å²) in [5, 5.41) is 2.53. The van der Waals surface area contributed by atoms with E-state index in [2.05, 4.69) is 5.32 Å². The van der Waals surface area contributed by atoms with Crippen LogP contribution in [0.1, 0.15) is 34.1 Å². The van der Waals surface area contributed by atoms with Crippen LogP contribution in [0.2, 0.25) is 0 Å². The van der Waals surface area contributed by atoms with E-state index >= 15 is 0 Å². The number of nitrogens with one attached hydrogen (secondary N) is 1. The molecule has 0 aliphatic heterocycles. The van der Waals surface area contributed by atoms with Crippen molar-refractivity contribution in [3.8, 4) is 0 Å². The first-order valence-corrected chi connectivity index (χ1v) is 4.85. The van der Waals surface area contributed by atoms with E-state index in [1.807, 2.05) is 27.7 Å². The van der Waals surface area contributed by atoms with Crippen molar-refractivity contribution >= 4 is 11.8 Å². The van der Waals surface area contributed by atoms with Gasteiger partial charge >= 0.3 is 0 Å². The Kier molecular flexibility index (Phi) is 4.60. The molecule has 0 spiro atoms. The van der Waals surface area contributed by atoms with Gasteiger partial charge in [-0.3, -0.25) is 9.59 Å². The lowest BCUT2D eigenvalue weighted by Gasteiger charge is -2.28. The number of hydrogen-bond acceptors (Lipinski definition) is 2. The van der Waals surface area contributed by atoms with Crippen LogP contribution in [-0.4, -0.2) is 18.4 Å². The zero-order valence-corrected chi connectivity index (χ0v) is 9.39. The number of primary amides is 1. The molecule has 14 heavy (non-hydrogen) atoms. The largest absolute Gasteiger partial charge is 0.368 e. The molecule has 0 aliphatic carbocycles. The van der Waals surface area contributed by atoms with E-state index in [1.165, 1.54) is 0 Å². The maximum absolute atomic E-state index is 11.6. The third kappa shape index (κ3) is 4.25. The molecule has 82 valence electrons. The Hall–Kier alpha value is -1.06. The molecule has 0 unspecified atom stereocenters. The zero-order valence-electron chi connectivity index (χ0n) is 9.39. The number of nitrogens with two attached hydrogens (primary N) is 1. The van der Waals surface area contributed by atoms with Crippen LogP contribution in [-0.2, 0) is 9.59 Å². The van der Waals surface area contributed by atoms with Crippen LogP contribution in [0.15, 0.2) is 0 Å². The lowest BCUT2D eigenvalue weighted by atomic mass is 9.78. The summed E-state index contributed by atoms with van der Waals surface area (Å²) in [5.74, 6) is -0.692. The van der Waals surface area contributed by atoms with Crippen molar-refractivity contribution < 1.29 is 9.59 Å². The first-order valence-electron chi connectivity index (χ1n) is 4.85. The lowest BCUT2D eigenvalue weighted by molar-refractivity contribution is -0.130. The van der Waals surface area contributed by atoms with Crippen LogP contribution in [0.3, 0.4) is 0 Å². The third-order valence-electron chi connectivity index (χ3n) is 2.21. The average Bonchev–Trinajstić information content (AvgIpc) is 1.99. The second kappa shape index (κ2) is 4.98. The normalized spacial score (nSPS) is 13.4. The van der Waals surface area contributed by atoms with E-state index in [1.54, 1.807) is 0 Å². The van der Waals surface area contributed by atoms with Crippen molar-refractivity contribution in [3.63, 3.8) is 0 Å². The summed E-state index contributed by atoms with van der Waals surface area (Å²) < 4.78 is 0. The van der Waals surface area contributed by atoms with Crippen LogP contribution in [0.5, 0.6) is 0 Å². The summed E-state index contributed by atoms with van der Waals surface area (Å²) in [6.45, 7) is 7.90. The van der Waals surface area contributed by atoms with Gasteiger partial charge in [0.2, 0.25) is 11.8 Å². The molecule has 3 N–H and O–H groups in total. The Morgan fingerprint density at radius 3 is 2.14 bits per heavy atom. The Balaban J connectivity index is 4.26. The molecule has 0 rings (SSSR count). The summed E-state index contributed by atoms with van der Waals surface area (Å²) in [6, 6.07) is 0. The highest BCUT2D eigenvalue weighted by Crippen LogP contribution is 2.28.